The molecule has 0 bridgehead atoms. The maximum Gasteiger partial charge on any atom is 0.251 e. The first-order chi connectivity index (χ1) is 11.7. The largest absolute Gasteiger partial charge is 0.325 e. The summed E-state index contributed by atoms with van der Waals surface area (Å²) in [5.41, 5.74) is 3.34. The van der Waals surface area contributed by atoms with Crippen molar-refractivity contribution in [2.45, 2.75) is 13.8 Å². The summed E-state index contributed by atoms with van der Waals surface area (Å²) in [6, 6.07) is 18.4. The molecule has 0 fully saturated rings. The van der Waals surface area contributed by atoms with Gasteiger partial charge in [-0.2, -0.15) is 10.1 Å². The zero-order chi connectivity index (χ0) is 16.9. The van der Waals surface area contributed by atoms with Crippen molar-refractivity contribution in [1.82, 2.24) is 15.2 Å². The van der Waals surface area contributed by atoms with Gasteiger partial charge in [-0.25, -0.2) is 0 Å². The van der Waals surface area contributed by atoms with E-state index < -0.39 is 0 Å². The smallest absolute Gasteiger partial charge is 0.251 e. The molecule has 0 aliphatic carbocycles. The molecule has 0 aliphatic heterocycles. The maximum absolute atomic E-state index is 4.70. The van der Waals surface area contributed by atoms with Gasteiger partial charge < -0.3 is 9.80 Å². The van der Waals surface area contributed by atoms with Gasteiger partial charge in [-0.3, -0.25) is 0 Å². The van der Waals surface area contributed by atoms with Crippen LogP contribution in [0, 0.1) is 6.92 Å². The fourth-order valence-electron chi connectivity index (χ4n) is 2.60. The standard InChI is InChI=1S/C19H21N5/c1-4-24(17-12-8-9-15(2)13-17)18-14-20-22-19(21-18)23(3)16-10-6-5-7-11-16/h5-14H,4H2,1-3H3. The van der Waals surface area contributed by atoms with E-state index in [2.05, 4.69) is 53.2 Å². The highest BCUT2D eigenvalue weighted by Gasteiger charge is 2.13. The fourth-order valence-corrected chi connectivity index (χ4v) is 2.60. The minimum absolute atomic E-state index is 0.574. The lowest BCUT2D eigenvalue weighted by molar-refractivity contribution is 0.892. The highest BCUT2D eigenvalue weighted by Crippen LogP contribution is 2.26. The van der Waals surface area contributed by atoms with Gasteiger partial charge in [-0.1, -0.05) is 30.3 Å². The lowest BCUT2D eigenvalue weighted by atomic mass is 10.2. The molecule has 0 saturated heterocycles. The SMILES string of the molecule is CCN(c1cccc(C)c1)c1cnnc(N(C)c2ccccc2)n1. The third-order valence-corrected chi connectivity index (χ3v) is 3.88. The van der Waals surface area contributed by atoms with Crippen LogP contribution in [0.4, 0.5) is 23.1 Å². The van der Waals surface area contributed by atoms with Gasteiger partial charge in [0.25, 0.3) is 5.95 Å². The average Bonchev–Trinajstić information content (AvgIpc) is 2.63. The molecule has 1 heterocycles. The summed E-state index contributed by atoms with van der Waals surface area (Å²) in [4.78, 5) is 8.76. The first kappa shape index (κ1) is 15.9. The number of anilines is 4. The molecule has 0 amide bonds. The topological polar surface area (TPSA) is 45.2 Å². The van der Waals surface area contributed by atoms with Gasteiger partial charge in [-0.05, 0) is 43.7 Å². The summed E-state index contributed by atoms with van der Waals surface area (Å²) in [5, 5.41) is 8.33. The molecule has 5 heteroatoms. The summed E-state index contributed by atoms with van der Waals surface area (Å²) >= 11 is 0. The van der Waals surface area contributed by atoms with Crippen molar-refractivity contribution in [3.05, 3.63) is 66.4 Å². The second-order valence-corrected chi connectivity index (χ2v) is 5.59. The van der Waals surface area contributed by atoms with Crippen LogP contribution < -0.4 is 9.80 Å². The van der Waals surface area contributed by atoms with Crippen LogP contribution in [-0.2, 0) is 0 Å². The minimum Gasteiger partial charge on any atom is -0.325 e. The molecular weight excluding hydrogens is 298 g/mol. The Morgan fingerprint density at radius 2 is 1.71 bits per heavy atom. The second kappa shape index (κ2) is 7.08. The molecule has 1 aromatic heterocycles. The Morgan fingerprint density at radius 1 is 0.958 bits per heavy atom. The highest BCUT2D eigenvalue weighted by molar-refractivity contribution is 5.62. The Morgan fingerprint density at radius 3 is 2.42 bits per heavy atom. The normalized spacial score (nSPS) is 10.5. The molecule has 0 saturated carbocycles. The summed E-state index contributed by atoms with van der Waals surface area (Å²) in [6.45, 7) is 4.99. The molecule has 24 heavy (non-hydrogen) atoms. The van der Waals surface area contributed by atoms with Gasteiger partial charge in [0.1, 0.15) is 0 Å². The van der Waals surface area contributed by atoms with Crippen molar-refractivity contribution in [3.8, 4) is 0 Å². The molecule has 0 N–H and O–H groups in total. The number of hydrogen-bond acceptors (Lipinski definition) is 5. The molecule has 0 spiro atoms. The highest BCUT2D eigenvalue weighted by atomic mass is 15.3. The van der Waals surface area contributed by atoms with Crippen LogP contribution in [0.25, 0.3) is 0 Å². The molecule has 2 aromatic carbocycles. The van der Waals surface area contributed by atoms with Crippen molar-refractivity contribution in [2.75, 3.05) is 23.4 Å². The van der Waals surface area contributed by atoms with Crippen LogP contribution >= 0.6 is 0 Å². The lowest BCUT2D eigenvalue weighted by Gasteiger charge is -2.23. The Kier molecular flexibility index (Phi) is 4.70. The van der Waals surface area contributed by atoms with Crippen LogP contribution in [0.1, 0.15) is 12.5 Å². The Hall–Kier alpha value is -2.95. The number of rotatable bonds is 5. The molecule has 0 atom stereocenters. The van der Waals surface area contributed by atoms with E-state index in [0.29, 0.717) is 5.95 Å². The first-order valence-corrected chi connectivity index (χ1v) is 8.01. The predicted octanol–water partition coefficient (Wildman–Crippen LogP) is 4.11. The van der Waals surface area contributed by atoms with E-state index in [4.69, 9.17) is 4.98 Å². The van der Waals surface area contributed by atoms with E-state index in [1.54, 1.807) is 6.20 Å². The molecule has 5 nitrogen and oxygen atoms in total. The van der Waals surface area contributed by atoms with Crippen LogP contribution in [0.3, 0.4) is 0 Å². The predicted molar refractivity (Wildman–Crippen MR) is 98.2 cm³/mol. The van der Waals surface area contributed by atoms with Crippen molar-refractivity contribution < 1.29 is 0 Å². The lowest BCUT2D eigenvalue weighted by Crippen LogP contribution is -2.20. The maximum atomic E-state index is 4.70. The number of hydrogen-bond donors (Lipinski definition) is 0. The molecule has 3 aromatic rings. The van der Waals surface area contributed by atoms with Crippen molar-refractivity contribution in [3.63, 3.8) is 0 Å². The Balaban J connectivity index is 1.94. The van der Waals surface area contributed by atoms with Crippen molar-refractivity contribution in [1.29, 1.82) is 0 Å². The fraction of sp³-hybridized carbons (Fsp3) is 0.211. The Bertz CT molecular complexity index is 804. The number of nitrogens with zero attached hydrogens (tertiary/aromatic N) is 5. The first-order valence-electron chi connectivity index (χ1n) is 8.01. The molecule has 3 rings (SSSR count). The van der Waals surface area contributed by atoms with E-state index in [1.165, 1.54) is 5.56 Å². The van der Waals surface area contributed by atoms with Crippen LogP contribution in [-0.4, -0.2) is 28.8 Å². The summed E-state index contributed by atoms with van der Waals surface area (Å²) in [5.74, 6) is 1.36. The average molecular weight is 319 g/mol. The zero-order valence-corrected chi connectivity index (χ0v) is 14.2. The van der Waals surface area contributed by atoms with E-state index in [0.717, 1.165) is 23.7 Å². The summed E-state index contributed by atoms with van der Waals surface area (Å²) < 4.78 is 0. The van der Waals surface area contributed by atoms with Crippen LogP contribution in [0.5, 0.6) is 0 Å². The Labute approximate surface area is 142 Å². The zero-order valence-electron chi connectivity index (χ0n) is 14.2. The quantitative estimate of drug-likeness (QED) is 0.708. The van der Waals surface area contributed by atoms with E-state index in [9.17, 15) is 0 Å². The van der Waals surface area contributed by atoms with Gasteiger partial charge in [0.05, 0.1) is 6.20 Å². The molecule has 0 radical (unpaired) electrons. The van der Waals surface area contributed by atoms with Gasteiger partial charge >= 0.3 is 0 Å². The summed E-state index contributed by atoms with van der Waals surface area (Å²) in [7, 11) is 1.94. The third-order valence-electron chi connectivity index (χ3n) is 3.88. The van der Waals surface area contributed by atoms with Crippen LogP contribution in [0.2, 0.25) is 0 Å². The molecule has 0 unspecified atom stereocenters. The monoisotopic (exact) mass is 319 g/mol. The van der Waals surface area contributed by atoms with Gasteiger partial charge in [0.2, 0.25) is 0 Å². The number of para-hydroxylation sites is 1. The number of aryl methyl sites for hydroxylation is 1. The minimum atomic E-state index is 0.574. The van der Waals surface area contributed by atoms with Crippen molar-refractivity contribution >= 4 is 23.1 Å². The van der Waals surface area contributed by atoms with E-state index in [1.807, 2.05) is 42.3 Å². The molecule has 122 valence electrons. The second-order valence-electron chi connectivity index (χ2n) is 5.59. The number of aromatic nitrogens is 3. The van der Waals surface area contributed by atoms with E-state index in [-0.39, 0.29) is 0 Å². The van der Waals surface area contributed by atoms with Gasteiger partial charge in [0.15, 0.2) is 5.82 Å². The van der Waals surface area contributed by atoms with E-state index >= 15 is 0 Å². The molecular formula is C19H21N5. The van der Waals surface area contributed by atoms with Gasteiger partial charge in [-0.15, -0.1) is 5.10 Å². The van der Waals surface area contributed by atoms with Gasteiger partial charge in [0, 0.05) is 25.0 Å². The number of benzene rings is 2. The van der Waals surface area contributed by atoms with Crippen molar-refractivity contribution in [2.24, 2.45) is 0 Å². The molecule has 0 aliphatic rings. The third kappa shape index (κ3) is 3.35. The van der Waals surface area contributed by atoms with Crippen LogP contribution in [0.15, 0.2) is 60.8 Å². The summed E-state index contributed by atoms with van der Waals surface area (Å²) in [6.07, 6.45) is 1.70.